The molecule has 0 aliphatic rings. The lowest BCUT2D eigenvalue weighted by molar-refractivity contribution is 0.444. The third kappa shape index (κ3) is 6.09. The zero-order chi connectivity index (χ0) is 14.0. The minimum Gasteiger partial charge on any atom is -0.379 e. The minimum absolute atomic E-state index is 0.923. The predicted molar refractivity (Wildman–Crippen MR) is 81.2 cm³/mol. The predicted octanol–water partition coefficient (Wildman–Crippen LogP) is 3.75. The number of nitrogens with zero attached hydrogens (tertiary/aromatic N) is 3. The molecule has 0 aromatic rings. The maximum atomic E-state index is 4.54. The normalized spacial score (nSPS) is 12.7. The molecule has 0 radical (unpaired) electrons. The van der Waals surface area contributed by atoms with Crippen LogP contribution in [0.3, 0.4) is 0 Å². The summed E-state index contributed by atoms with van der Waals surface area (Å²) in [5.74, 6) is 0. The summed E-state index contributed by atoms with van der Waals surface area (Å²) in [7, 11) is 2.02. The third-order valence-electron chi connectivity index (χ3n) is 2.48. The smallest absolute Gasteiger partial charge is 0.0798 e. The first-order chi connectivity index (χ1) is 8.58. The van der Waals surface area contributed by atoms with Crippen molar-refractivity contribution in [1.29, 1.82) is 0 Å². The van der Waals surface area contributed by atoms with Crippen LogP contribution in [0.4, 0.5) is 0 Å². The second kappa shape index (κ2) is 9.28. The van der Waals surface area contributed by atoms with Crippen LogP contribution in [0.15, 0.2) is 54.6 Å². The van der Waals surface area contributed by atoms with Gasteiger partial charge in [-0.2, -0.15) is 5.10 Å². The van der Waals surface area contributed by atoms with Crippen molar-refractivity contribution in [3.05, 3.63) is 49.5 Å². The molecular weight excluding hydrogens is 222 g/mol. The Kier molecular flexibility index (Phi) is 8.37. The maximum Gasteiger partial charge on any atom is 0.0798 e. The summed E-state index contributed by atoms with van der Waals surface area (Å²) in [5, 5.41) is 6.36. The van der Waals surface area contributed by atoms with Gasteiger partial charge in [0.1, 0.15) is 0 Å². The summed E-state index contributed by atoms with van der Waals surface area (Å²) in [4.78, 5) is 2.09. The Labute approximate surface area is 111 Å². The molecule has 0 saturated carbocycles. The summed E-state index contributed by atoms with van der Waals surface area (Å²) in [6.45, 7) is 14.7. The van der Waals surface area contributed by atoms with Crippen molar-refractivity contribution in [1.82, 2.24) is 9.91 Å². The van der Waals surface area contributed by atoms with Crippen LogP contribution < -0.4 is 0 Å². The second-order valence-electron chi connectivity index (χ2n) is 3.94. The van der Waals surface area contributed by atoms with Gasteiger partial charge >= 0.3 is 0 Å². The molecule has 0 aromatic carbocycles. The van der Waals surface area contributed by atoms with E-state index in [1.807, 2.05) is 37.5 Å². The fraction of sp³-hybridized carbons (Fsp3) is 0.400. The van der Waals surface area contributed by atoms with Crippen molar-refractivity contribution in [2.75, 3.05) is 13.6 Å². The number of allylic oxidation sites excluding steroid dienone is 3. The van der Waals surface area contributed by atoms with E-state index in [0.29, 0.717) is 0 Å². The number of hydrogen-bond donors (Lipinski definition) is 0. The van der Waals surface area contributed by atoms with Crippen LogP contribution in [0, 0.1) is 0 Å². The highest BCUT2D eigenvalue weighted by molar-refractivity contribution is 5.81. The van der Waals surface area contributed by atoms with E-state index in [-0.39, 0.29) is 0 Å². The molecule has 0 spiro atoms. The van der Waals surface area contributed by atoms with E-state index < -0.39 is 0 Å². The average molecular weight is 247 g/mol. The summed E-state index contributed by atoms with van der Waals surface area (Å²) in [6.07, 6.45) is 10.2. The van der Waals surface area contributed by atoms with Crippen LogP contribution in [0.5, 0.6) is 0 Å². The van der Waals surface area contributed by atoms with Crippen LogP contribution in [0.25, 0.3) is 0 Å². The molecule has 0 atom stereocenters. The maximum absolute atomic E-state index is 4.54. The molecule has 0 aromatic heterocycles. The fourth-order valence-electron chi connectivity index (χ4n) is 1.10. The summed E-state index contributed by atoms with van der Waals surface area (Å²) in [6, 6.07) is 0. The highest BCUT2D eigenvalue weighted by Gasteiger charge is 2.03. The number of hydrogen-bond acceptors (Lipinski definition) is 3. The fourth-order valence-corrected chi connectivity index (χ4v) is 1.10. The topological polar surface area (TPSA) is 18.8 Å². The van der Waals surface area contributed by atoms with Crippen LogP contribution in [0.1, 0.15) is 27.2 Å². The quantitative estimate of drug-likeness (QED) is 0.369. The molecule has 0 heterocycles. The first-order valence-corrected chi connectivity index (χ1v) is 6.26. The van der Waals surface area contributed by atoms with Crippen LogP contribution in [-0.2, 0) is 0 Å². The van der Waals surface area contributed by atoms with E-state index >= 15 is 0 Å². The van der Waals surface area contributed by atoms with Gasteiger partial charge in [-0.3, -0.25) is 0 Å². The van der Waals surface area contributed by atoms with Gasteiger partial charge in [0.15, 0.2) is 0 Å². The lowest BCUT2D eigenvalue weighted by Crippen LogP contribution is -2.16. The Morgan fingerprint density at radius 3 is 2.39 bits per heavy atom. The van der Waals surface area contributed by atoms with E-state index in [2.05, 4.69) is 37.0 Å². The number of hydrazone groups is 1. The summed E-state index contributed by atoms with van der Waals surface area (Å²) in [5.41, 5.74) is 2.00. The molecule has 0 amide bonds. The second-order valence-corrected chi connectivity index (χ2v) is 3.94. The highest BCUT2D eigenvalue weighted by Crippen LogP contribution is 2.10. The molecule has 0 aliphatic heterocycles. The Balaban J connectivity index is 5.25. The first-order valence-electron chi connectivity index (χ1n) is 6.26. The SMILES string of the molecule is C=C/C=C\N(/N=C(\C)CC)/C(C=C)=C/N(C)CC. The Bertz CT molecular complexity index is 351. The first kappa shape index (κ1) is 16.2. The van der Waals surface area contributed by atoms with Crippen molar-refractivity contribution in [2.24, 2.45) is 5.10 Å². The Hall–Kier alpha value is -1.77. The molecule has 0 N–H and O–H groups in total. The number of rotatable bonds is 8. The minimum atomic E-state index is 0.923. The van der Waals surface area contributed by atoms with Gasteiger partial charge in [0.2, 0.25) is 0 Å². The summed E-state index contributed by atoms with van der Waals surface area (Å²) >= 11 is 0. The standard InChI is InChI=1S/C15H25N3/c1-7-11-12-18(16-14(5)8-2)15(9-3)13-17(6)10-4/h7,9,11-13H,1,3,8,10H2,2,4-6H3/b12-11-,15-13+,16-14+. The van der Waals surface area contributed by atoms with Crippen molar-refractivity contribution < 1.29 is 0 Å². The van der Waals surface area contributed by atoms with Gasteiger partial charge in [-0.15, -0.1) is 0 Å². The van der Waals surface area contributed by atoms with Crippen LogP contribution in [-0.4, -0.2) is 29.2 Å². The van der Waals surface area contributed by atoms with Crippen molar-refractivity contribution in [3.8, 4) is 0 Å². The van der Waals surface area contributed by atoms with E-state index in [1.165, 1.54) is 0 Å². The van der Waals surface area contributed by atoms with E-state index in [4.69, 9.17) is 0 Å². The Morgan fingerprint density at radius 2 is 1.94 bits per heavy atom. The molecule has 0 saturated heterocycles. The van der Waals surface area contributed by atoms with Gasteiger partial charge < -0.3 is 4.90 Å². The zero-order valence-corrected chi connectivity index (χ0v) is 12.1. The lowest BCUT2D eigenvalue weighted by Gasteiger charge is -2.20. The zero-order valence-electron chi connectivity index (χ0n) is 12.1. The monoisotopic (exact) mass is 247 g/mol. The molecule has 3 heteroatoms. The van der Waals surface area contributed by atoms with Crippen molar-refractivity contribution in [2.45, 2.75) is 27.2 Å². The third-order valence-corrected chi connectivity index (χ3v) is 2.48. The molecule has 0 unspecified atom stereocenters. The van der Waals surface area contributed by atoms with E-state index in [0.717, 1.165) is 24.4 Å². The van der Waals surface area contributed by atoms with Gasteiger partial charge in [0.05, 0.1) is 5.70 Å². The van der Waals surface area contributed by atoms with Gasteiger partial charge in [-0.05, 0) is 32.4 Å². The average Bonchev–Trinajstić information content (AvgIpc) is 2.40. The van der Waals surface area contributed by atoms with Crippen LogP contribution in [0.2, 0.25) is 0 Å². The summed E-state index contributed by atoms with van der Waals surface area (Å²) < 4.78 is 0. The lowest BCUT2D eigenvalue weighted by atomic mass is 10.3. The largest absolute Gasteiger partial charge is 0.379 e. The molecule has 0 bridgehead atoms. The van der Waals surface area contributed by atoms with E-state index in [9.17, 15) is 0 Å². The Morgan fingerprint density at radius 1 is 1.28 bits per heavy atom. The highest BCUT2D eigenvalue weighted by atomic mass is 15.5. The van der Waals surface area contributed by atoms with Crippen molar-refractivity contribution in [3.63, 3.8) is 0 Å². The van der Waals surface area contributed by atoms with Gasteiger partial charge in [0.25, 0.3) is 0 Å². The molecule has 18 heavy (non-hydrogen) atoms. The van der Waals surface area contributed by atoms with E-state index in [1.54, 1.807) is 12.2 Å². The van der Waals surface area contributed by atoms with Gasteiger partial charge in [-0.1, -0.05) is 26.2 Å². The molecule has 100 valence electrons. The van der Waals surface area contributed by atoms with Crippen LogP contribution >= 0.6 is 0 Å². The van der Waals surface area contributed by atoms with Gasteiger partial charge in [0, 0.05) is 31.7 Å². The molecule has 0 fully saturated rings. The molecule has 3 nitrogen and oxygen atoms in total. The molecular formula is C15H25N3. The molecule has 0 aliphatic carbocycles. The molecule has 0 rings (SSSR count). The van der Waals surface area contributed by atoms with Gasteiger partial charge in [-0.25, -0.2) is 5.01 Å². The van der Waals surface area contributed by atoms with Crippen molar-refractivity contribution >= 4 is 5.71 Å².